The monoisotopic (exact) mass is 244 g/mol. The molecule has 0 saturated carbocycles. The van der Waals surface area contributed by atoms with Crippen molar-refractivity contribution in [2.45, 2.75) is 39.0 Å². The van der Waals surface area contributed by atoms with Crippen LogP contribution in [0.4, 0.5) is 0 Å². The Morgan fingerprint density at radius 3 is 2.87 bits per heavy atom. The summed E-state index contributed by atoms with van der Waals surface area (Å²) in [5.74, 6) is 1.03. The summed E-state index contributed by atoms with van der Waals surface area (Å²) < 4.78 is 0. The molecule has 86 valence electrons. The second-order valence-corrected chi connectivity index (χ2v) is 5.65. The summed E-state index contributed by atoms with van der Waals surface area (Å²) in [6.07, 6.45) is 3.30. The lowest BCUT2D eigenvalue weighted by Crippen LogP contribution is -2.18. The van der Waals surface area contributed by atoms with Crippen molar-refractivity contribution in [3.63, 3.8) is 0 Å². The number of thiazole rings is 1. The Bertz CT molecular complexity index is 297. The van der Waals surface area contributed by atoms with Crippen LogP contribution >= 0.6 is 23.1 Å². The topological polar surface area (TPSA) is 24.9 Å². The van der Waals surface area contributed by atoms with E-state index in [1.807, 2.05) is 23.1 Å². The molecule has 0 aromatic carbocycles. The molecule has 1 N–H and O–H groups in total. The maximum Gasteiger partial charge on any atom is 0.103 e. The second kappa shape index (κ2) is 6.51. The van der Waals surface area contributed by atoms with Gasteiger partial charge in [-0.1, -0.05) is 6.92 Å². The average Bonchev–Trinajstić information content (AvgIpc) is 2.57. The van der Waals surface area contributed by atoms with Crippen LogP contribution < -0.4 is 5.32 Å². The number of aryl methyl sites for hydroxylation is 1. The van der Waals surface area contributed by atoms with E-state index in [0.29, 0.717) is 6.04 Å². The van der Waals surface area contributed by atoms with Gasteiger partial charge in [0.25, 0.3) is 0 Å². The summed E-state index contributed by atoms with van der Waals surface area (Å²) in [4.78, 5) is 5.98. The number of rotatable bonds is 6. The fraction of sp³-hybridized carbons (Fsp3) is 0.727. The Hall–Kier alpha value is -0.0600. The highest BCUT2D eigenvalue weighted by atomic mass is 32.2. The first-order chi connectivity index (χ1) is 7.19. The molecule has 15 heavy (non-hydrogen) atoms. The minimum absolute atomic E-state index is 0.443. The van der Waals surface area contributed by atoms with Gasteiger partial charge in [-0.25, -0.2) is 4.98 Å². The summed E-state index contributed by atoms with van der Waals surface area (Å²) in [6.45, 7) is 7.60. The van der Waals surface area contributed by atoms with Crippen LogP contribution in [0.2, 0.25) is 0 Å². The summed E-state index contributed by atoms with van der Waals surface area (Å²) in [6, 6.07) is 0.443. The summed E-state index contributed by atoms with van der Waals surface area (Å²) in [5.41, 5.74) is 1.19. The van der Waals surface area contributed by atoms with Crippen LogP contribution in [0.15, 0.2) is 0 Å². The Balaban J connectivity index is 2.66. The highest BCUT2D eigenvalue weighted by Crippen LogP contribution is 2.26. The van der Waals surface area contributed by atoms with Crippen molar-refractivity contribution in [3.05, 3.63) is 15.6 Å². The Morgan fingerprint density at radius 2 is 2.27 bits per heavy atom. The van der Waals surface area contributed by atoms with Gasteiger partial charge in [0.1, 0.15) is 5.01 Å². The van der Waals surface area contributed by atoms with Crippen LogP contribution in [0.5, 0.6) is 0 Å². The number of aromatic nitrogens is 1. The molecule has 0 amide bonds. The maximum absolute atomic E-state index is 4.59. The number of thioether (sulfide) groups is 1. The van der Waals surface area contributed by atoms with Gasteiger partial charge in [0.15, 0.2) is 0 Å². The molecule has 1 atom stereocenters. The van der Waals surface area contributed by atoms with Gasteiger partial charge in [0.2, 0.25) is 0 Å². The molecule has 2 nitrogen and oxygen atoms in total. The first-order valence-corrected chi connectivity index (χ1v) is 7.58. The lowest BCUT2D eigenvalue weighted by Gasteiger charge is -2.11. The lowest BCUT2D eigenvalue weighted by atomic mass is 10.2. The highest BCUT2D eigenvalue weighted by Gasteiger charge is 2.12. The fourth-order valence-electron chi connectivity index (χ4n) is 1.51. The van der Waals surface area contributed by atoms with Crippen molar-refractivity contribution < 1.29 is 0 Å². The average molecular weight is 244 g/mol. The molecule has 1 heterocycles. The third-order valence-electron chi connectivity index (χ3n) is 2.24. The molecule has 0 aliphatic rings. The zero-order chi connectivity index (χ0) is 11.3. The molecular formula is C11H20N2S2. The number of hydrogen-bond donors (Lipinski definition) is 1. The third-order valence-corrected chi connectivity index (χ3v) is 4.32. The minimum Gasteiger partial charge on any atom is -0.309 e. The fourth-order valence-corrected chi connectivity index (χ4v) is 3.30. The molecule has 1 aromatic rings. The van der Waals surface area contributed by atoms with Gasteiger partial charge in [0.05, 0.1) is 5.69 Å². The van der Waals surface area contributed by atoms with Crippen LogP contribution in [0.3, 0.4) is 0 Å². The van der Waals surface area contributed by atoms with Crippen molar-refractivity contribution in [2.24, 2.45) is 0 Å². The molecule has 0 spiro atoms. The van der Waals surface area contributed by atoms with Crippen LogP contribution in [0.1, 0.15) is 41.9 Å². The molecule has 4 heteroatoms. The van der Waals surface area contributed by atoms with Gasteiger partial charge in [-0.15, -0.1) is 11.3 Å². The Labute approximate surface area is 101 Å². The largest absolute Gasteiger partial charge is 0.309 e. The van der Waals surface area contributed by atoms with Gasteiger partial charge in [-0.05, 0) is 33.1 Å². The minimum atomic E-state index is 0.443. The van der Waals surface area contributed by atoms with E-state index in [2.05, 4.69) is 37.3 Å². The normalized spacial score (nSPS) is 13.1. The van der Waals surface area contributed by atoms with Crippen LogP contribution in [-0.4, -0.2) is 17.8 Å². The van der Waals surface area contributed by atoms with E-state index in [0.717, 1.165) is 12.3 Å². The molecule has 1 unspecified atom stereocenters. The second-order valence-electron chi connectivity index (χ2n) is 3.67. The summed E-state index contributed by atoms with van der Waals surface area (Å²) in [5, 5.41) is 4.76. The molecular weight excluding hydrogens is 224 g/mol. The van der Waals surface area contributed by atoms with Crippen molar-refractivity contribution in [1.29, 1.82) is 0 Å². The van der Waals surface area contributed by atoms with Crippen molar-refractivity contribution in [1.82, 2.24) is 10.3 Å². The van der Waals surface area contributed by atoms with Crippen LogP contribution in [-0.2, 0) is 5.75 Å². The first-order valence-electron chi connectivity index (χ1n) is 5.37. The summed E-state index contributed by atoms with van der Waals surface area (Å²) in [7, 11) is 0. The van der Waals surface area contributed by atoms with Gasteiger partial charge in [-0.3, -0.25) is 0 Å². The standard InChI is InChI=1S/C11H20N2S2/c1-5-6-12-8(2)11-9(3)13-10(15-11)7-14-4/h8,12H,5-7H2,1-4H3. The number of hydrogen-bond acceptors (Lipinski definition) is 4. The SMILES string of the molecule is CCCNC(C)c1sc(CSC)nc1C. The van der Waals surface area contributed by atoms with E-state index in [-0.39, 0.29) is 0 Å². The van der Waals surface area contributed by atoms with Gasteiger partial charge in [-0.2, -0.15) is 11.8 Å². The van der Waals surface area contributed by atoms with Crippen molar-refractivity contribution >= 4 is 23.1 Å². The van der Waals surface area contributed by atoms with E-state index in [1.54, 1.807) is 0 Å². The van der Waals surface area contributed by atoms with E-state index >= 15 is 0 Å². The molecule has 0 fully saturated rings. The molecule has 0 bridgehead atoms. The molecule has 0 aliphatic heterocycles. The zero-order valence-corrected chi connectivity index (χ0v) is 11.6. The molecule has 0 saturated heterocycles. The molecule has 1 rings (SSSR count). The zero-order valence-electron chi connectivity index (χ0n) is 9.96. The maximum atomic E-state index is 4.59. The quantitative estimate of drug-likeness (QED) is 0.830. The lowest BCUT2D eigenvalue weighted by molar-refractivity contribution is 0.575. The first kappa shape index (κ1) is 13.0. The van der Waals surface area contributed by atoms with Gasteiger partial charge >= 0.3 is 0 Å². The smallest absolute Gasteiger partial charge is 0.103 e. The van der Waals surface area contributed by atoms with Gasteiger partial charge < -0.3 is 5.32 Å². The van der Waals surface area contributed by atoms with E-state index in [9.17, 15) is 0 Å². The van der Waals surface area contributed by atoms with Crippen molar-refractivity contribution in [2.75, 3.05) is 12.8 Å². The molecule has 0 aliphatic carbocycles. The summed E-state index contributed by atoms with van der Waals surface area (Å²) >= 11 is 3.68. The predicted octanol–water partition coefficient (Wildman–Crippen LogP) is 3.38. The van der Waals surface area contributed by atoms with E-state index in [4.69, 9.17) is 0 Å². The Kier molecular flexibility index (Phi) is 5.64. The highest BCUT2D eigenvalue weighted by molar-refractivity contribution is 7.97. The molecule has 1 aromatic heterocycles. The third kappa shape index (κ3) is 3.78. The molecule has 0 radical (unpaired) electrons. The van der Waals surface area contributed by atoms with Gasteiger partial charge in [0, 0.05) is 16.7 Å². The van der Waals surface area contributed by atoms with Crippen LogP contribution in [0.25, 0.3) is 0 Å². The van der Waals surface area contributed by atoms with Crippen LogP contribution in [0, 0.1) is 6.92 Å². The number of nitrogens with zero attached hydrogens (tertiary/aromatic N) is 1. The van der Waals surface area contributed by atoms with Crippen molar-refractivity contribution in [3.8, 4) is 0 Å². The number of nitrogens with one attached hydrogen (secondary N) is 1. The van der Waals surface area contributed by atoms with E-state index in [1.165, 1.54) is 22.0 Å². The predicted molar refractivity (Wildman–Crippen MR) is 70.8 cm³/mol. The van der Waals surface area contributed by atoms with E-state index < -0.39 is 0 Å². The Morgan fingerprint density at radius 1 is 1.53 bits per heavy atom.